The van der Waals surface area contributed by atoms with E-state index < -0.39 is 23.6 Å². The van der Waals surface area contributed by atoms with Crippen LogP contribution in [0.4, 0.5) is 0 Å². The van der Waals surface area contributed by atoms with Crippen molar-refractivity contribution in [2.24, 2.45) is 9.98 Å². The molecular formula is C19H40N2O7Si2. The molecule has 0 aliphatic rings. The van der Waals surface area contributed by atoms with Gasteiger partial charge in [0.15, 0.2) is 6.23 Å². The van der Waals surface area contributed by atoms with Crippen molar-refractivity contribution in [3.05, 3.63) is 0 Å². The van der Waals surface area contributed by atoms with E-state index in [1.165, 1.54) is 12.2 Å². The van der Waals surface area contributed by atoms with E-state index in [2.05, 4.69) is 9.98 Å². The van der Waals surface area contributed by atoms with Crippen molar-refractivity contribution >= 4 is 29.5 Å². The molecule has 0 N–H and O–H groups in total. The van der Waals surface area contributed by atoms with Gasteiger partial charge in [0.2, 0.25) is 12.2 Å². The minimum atomic E-state index is -2.75. The maximum Gasteiger partial charge on any atom is 0.505 e. The summed E-state index contributed by atoms with van der Waals surface area (Å²) in [5.41, 5.74) is 0.122. The van der Waals surface area contributed by atoms with E-state index in [1.54, 1.807) is 6.92 Å². The van der Waals surface area contributed by atoms with E-state index in [9.17, 15) is 9.59 Å². The topological polar surface area (TPSA) is 105 Å². The Morgan fingerprint density at radius 2 is 1.33 bits per heavy atom. The molecule has 0 aliphatic heterocycles. The summed E-state index contributed by atoms with van der Waals surface area (Å²) in [6.45, 7) is 18.3. The molecule has 1 unspecified atom stereocenters. The fourth-order valence-corrected chi connectivity index (χ4v) is 7.53. The lowest BCUT2D eigenvalue weighted by molar-refractivity contribution is 0.0349. The number of nitrogens with zero attached hydrogens (tertiary/aromatic N) is 2. The minimum absolute atomic E-state index is 0.122. The van der Waals surface area contributed by atoms with E-state index in [-0.39, 0.29) is 5.54 Å². The summed E-state index contributed by atoms with van der Waals surface area (Å²) in [5.74, 6) is 0. The van der Waals surface area contributed by atoms with Gasteiger partial charge in [0, 0.05) is 32.0 Å². The number of hydrogen-bond donors (Lipinski definition) is 0. The molecule has 0 aromatic carbocycles. The molecule has 0 radical (unpaired) electrons. The van der Waals surface area contributed by atoms with Gasteiger partial charge in [-0.2, -0.15) is 4.99 Å². The maximum absolute atomic E-state index is 10.1. The van der Waals surface area contributed by atoms with Gasteiger partial charge in [-0.25, -0.2) is 14.6 Å². The van der Waals surface area contributed by atoms with Gasteiger partial charge in [-0.1, -0.05) is 13.8 Å². The quantitative estimate of drug-likeness (QED) is 0.147. The van der Waals surface area contributed by atoms with Crippen LogP contribution in [0, 0.1) is 0 Å². The summed E-state index contributed by atoms with van der Waals surface area (Å²) in [7, 11) is -4.74. The monoisotopic (exact) mass is 464 g/mol. The van der Waals surface area contributed by atoms with Crippen LogP contribution in [-0.4, -0.2) is 68.7 Å². The maximum atomic E-state index is 10.1. The SMILES string of the molecule is CCO[Si](C)(CCCN=C=O)OCC.CCO[Si](OCC)(OC(C)N=C=O)C(C)C. The van der Waals surface area contributed by atoms with Crippen molar-refractivity contribution in [1.82, 2.24) is 0 Å². The van der Waals surface area contributed by atoms with Crippen molar-refractivity contribution in [3.63, 3.8) is 0 Å². The molecule has 0 heterocycles. The van der Waals surface area contributed by atoms with Gasteiger partial charge in [-0.05, 0) is 53.6 Å². The first-order valence-electron chi connectivity index (χ1n) is 10.5. The van der Waals surface area contributed by atoms with Crippen LogP contribution >= 0.6 is 0 Å². The van der Waals surface area contributed by atoms with Gasteiger partial charge in [-0.15, -0.1) is 0 Å². The van der Waals surface area contributed by atoms with Gasteiger partial charge < -0.3 is 22.1 Å². The first-order valence-corrected chi connectivity index (χ1v) is 14.9. The van der Waals surface area contributed by atoms with Crippen molar-refractivity contribution in [2.75, 3.05) is 33.0 Å². The fraction of sp³-hybridized carbons (Fsp3) is 0.895. The Hall–Kier alpha value is -1.01. The Labute approximate surface area is 183 Å². The van der Waals surface area contributed by atoms with E-state index in [0.717, 1.165) is 12.5 Å². The summed E-state index contributed by atoms with van der Waals surface area (Å²) < 4.78 is 28.2. The molecule has 30 heavy (non-hydrogen) atoms. The molecule has 0 aromatic rings. The van der Waals surface area contributed by atoms with E-state index >= 15 is 0 Å². The number of carbonyl (C=O) groups excluding carboxylic acids is 2. The highest BCUT2D eigenvalue weighted by Gasteiger charge is 2.46. The molecule has 0 aliphatic carbocycles. The molecule has 0 fully saturated rings. The Morgan fingerprint density at radius 1 is 0.833 bits per heavy atom. The molecule has 0 spiro atoms. The highest BCUT2D eigenvalue weighted by molar-refractivity contribution is 6.66. The van der Waals surface area contributed by atoms with Gasteiger partial charge in [0.1, 0.15) is 0 Å². The molecule has 0 amide bonds. The third-order valence-electron chi connectivity index (χ3n) is 3.83. The predicted octanol–water partition coefficient (Wildman–Crippen LogP) is 3.96. The van der Waals surface area contributed by atoms with Crippen molar-refractivity contribution < 1.29 is 31.7 Å². The summed E-state index contributed by atoms with van der Waals surface area (Å²) in [6, 6.07) is 0.875. The first kappa shape index (κ1) is 31.2. The molecule has 0 aromatic heterocycles. The molecule has 0 bridgehead atoms. The fourth-order valence-electron chi connectivity index (χ4n) is 2.64. The predicted molar refractivity (Wildman–Crippen MR) is 120 cm³/mol. The molecule has 0 saturated carbocycles. The zero-order valence-corrected chi connectivity index (χ0v) is 21.9. The zero-order chi connectivity index (χ0) is 23.5. The number of hydrogen-bond acceptors (Lipinski definition) is 9. The number of isocyanates is 2. The van der Waals surface area contributed by atoms with Crippen molar-refractivity contribution in [2.45, 2.75) is 79.2 Å². The summed E-state index contributed by atoms with van der Waals surface area (Å²) >= 11 is 0. The van der Waals surface area contributed by atoms with Gasteiger partial charge >= 0.3 is 17.4 Å². The van der Waals surface area contributed by atoms with Crippen LogP contribution in [-0.2, 0) is 31.7 Å². The molecule has 0 saturated heterocycles. The lowest BCUT2D eigenvalue weighted by Gasteiger charge is -2.33. The van der Waals surface area contributed by atoms with Crippen LogP contribution in [0.5, 0.6) is 0 Å². The standard InChI is InChI=1S/C10H21NO4Si.C9H19NO3Si/c1-6-13-16(9(3)4,14-7-2)15-10(5)11-8-12;1-4-12-14(3,13-5-2)8-6-7-10-9-11/h9-10H,6-7H2,1-5H3;4-8H2,1-3H3. The van der Waals surface area contributed by atoms with Crippen LogP contribution in [0.1, 0.15) is 54.9 Å². The summed E-state index contributed by atoms with van der Waals surface area (Å²) in [4.78, 5) is 27.0. The van der Waals surface area contributed by atoms with Gasteiger partial charge in [0.05, 0.1) is 6.54 Å². The number of rotatable bonds is 16. The van der Waals surface area contributed by atoms with Crippen molar-refractivity contribution in [1.29, 1.82) is 0 Å². The molecule has 1 atom stereocenters. The highest BCUT2D eigenvalue weighted by atomic mass is 28.4. The van der Waals surface area contributed by atoms with Crippen LogP contribution < -0.4 is 0 Å². The molecule has 176 valence electrons. The van der Waals surface area contributed by atoms with E-state index in [4.69, 9.17) is 22.1 Å². The van der Waals surface area contributed by atoms with E-state index in [1.807, 2.05) is 48.1 Å². The Bertz CT molecular complexity index is 513. The zero-order valence-electron chi connectivity index (χ0n) is 19.9. The van der Waals surface area contributed by atoms with Crippen LogP contribution in [0.15, 0.2) is 9.98 Å². The lowest BCUT2D eigenvalue weighted by Crippen LogP contribution is -2.50. The minimum Gasteiger partial charge on any atom is -0.395 e. The molecule has 9 nitrogen and oxygen atoms in total. The Balaban J connectivity index is 0. The van der Waals surface area contributed by atoms with Crippen LogP contribution in [0.3, 0.4) is 0 Å². The molecular weight excluding hydrogens is 424 g/mol. The molecule has 0 rings (SSSR count). The second kappa shape index (κ2) is 18.7. The van der Waals surface area contributed by atoms with Crippen LogP contribution in [0.2, 0.25) is 18.1 Å². The number of aliphatic imine (C=N–C) groups is 2. The third-order valence-corrected chi connectivity index (χ3v) is 10.4. The Kier molecular flexibility index (Phi) is 19.5. The van der Waals surface area contributed by atoms with Gasteiger partial charge in [-0.3, -0.25) is 0 Å². The highest BCUT2D eigenvalue weighted by Crippen LogP contribution is 2.26. The normalized spacial score (nSPS) is 12.4. The average Bonchev–Trinajstić information content (AvgIpc) is 2.66. The summed E-state index contributed by atoms with van der Waals surface area (Å²) in [6.07, 6.45) is 3.25. The second-order valence-corrected chi connectivity index (χ2v) is 13.2. The third kappa shape index (κ3) is 14.1. The second-order valence-electron chi connectivity index (χ2n) is 6.64. The van der Waals surface area contributed by atoms with Crippen molar-refractivity contribution in [3.8, 4) is 0 Å². The Morgan fingerprint density at radius 3 is 1.70 bits per heavy atom. The largest absolute Gasteiger partial charge is 0.505 e. The average molecular weight is 465 g/mol. The van der Waals surface area contributed by atoms with Crippen LogP contribution in [0.25, 0.3) is 0 Å². The summed E-state index contributed by atoms with van der Waals surface area (Å²) in [5, 5.41) is 0. The van der Waals surface area contributed by atoms with E-state index in [0.29, 0.717) is 33.0 Å². The first-order chi connectivity index (χ1) is 14.2. The molecule has 11 heteroatoms. The smallest absolute Gasteiger partial charge is 0.395 e. The lowest BCUT2D eigenvalue weighted by atomic mass is 10.5. The van der Waals surface area contributed by atoms with Gasteiger partial charge in [0.25, 0.3) is 0 Å².